The van der Waals surface area contributed by atoms with Crippen molar-refractivity contribution >= 4 is 34.8 Å². The summed E-state index contributed by atoms with van der Waals surface area (Å²) in [6.07, 6.45) is -0.999. The number of phenols is 1. The normalized spacial score (nSPS) is 22.1. The summed E-state index contributed by atoms with van der Waals surface area (Å²) in [4.78, 5) is 34.5. The number of halogens is 1. The van der Waals surface area contributed by atoms with Gasteiger partial charge in [-0.05, 0) is 54.4 Å². The van der Waals surface area contributed by atoms with Crippen molar-refractivity contribution in [3.63, 3.8) is 0 Å². The van der Waals surface area contributed by atoms with Gasteiger partial charge in [-0.25, -0.2) is 9.96 Å². The molecule has 2 heterocycles. The van der Waals surface area contributed by atoms with Gasteiger partial charge in [0.25, 0.3) is 5.91 Å². The molecule has 8 heteroatoms. The number of imide groups is 1. The quantitative estimate of drug-likeness (QED) is 0.576. The minimum Gasteiger partial charge on any atom is -0.504 e. The van der Waals surface area contributed by atoms with Gasteiger partial charge >= 0.3 is 0 Å². The first-order chi connectivity index (χ1) is 15.9. The maximum absolute atomic E-state index is 13.7. The Morgan fingerprint density at radius 1 is 1.00 bits per heavy atom. The summed E-state index contributed by atoms with van der Waals surface area (Å²) in [5.74, 6) is -1.36. The van der Waals surface area contributed by atoms with Crippen molar-refractivity contribution in [1.29, 1.82) is 0 Å². The van der Waals surface area contributed by atoms with Crippen LogP contribution in [0.5, 0.6) is 11.5 Å². The van der Waals surface area contributed by atoms with Gasteiger partial charge < -0.3 is 9.84 Å². The highest BCUT2D eigenvalue weighted by Crippen LogP contribution is 2.49. The van der Waals surface area contributed by atoms with E-state index in [2.05, 4.69) is 0 Å². The van der Waals surface area contributed by atoms with Crippen LogP contribution in [0.1, 0.15) is 17.2 Å². The maximum Gasteiger partial charge on any atom is 0.266 e. The molecule has 5 rings (SSSR count). The third-order valence-electron chi connectivity index (χ3n) is 6.15. The average Bonchev–Trinajstić information content (AvgIpc) is 3.33. The summed E-state index contributed by atoms with van der Waals surface area (Å²) in [7, 11) is 1.45. The first-order valence-corrected chi connectivity index (χ1v) is 10.8. The Hall–Kier alpha value is -3.55. The fourth-order valence-corrected chi connectivity index (χ4v) is 4.68. The topological polar surface area (TPSA) is 79.3 Å². The number of carbonyl (C=O) groups excluding carboxylic acids is 2. The minimum atomic E-state index is -0.999. The van der Waals surface area contributed by atoms with Crippen LogP contribution in [0.3, 0.4) is 0 Å². The molecule has 3 aromatic carbocycles. The zero-order chi connectivity index (χ0) is 23.3. The molecule has 7 nitrogen and oxygen atoms in total. The summed E-state index contributed by atoms with van der Waals surface area (Å²) in [5.41, 5.74) is 2.47. The molecule has 3 aromatic rings. The predicted octanol–water partition coefficient (Wildman–Crippen LogP) is 4.41. The van der Waals surface area contributed by atoms with Crippen LogP contribution in [-0.2, 0) is 14.4 Å². The van der Waals surface area contributed by atoms with Crippen LogP contribution in [0.2, 0.25) is 5.02 Å². The Balaban J connectivity index is 1.62. The van der Waals surface area contributed by atoms with Crippen molar-refractivity contribution in [1.82, 2.24) is 0 Å². The van der Waals surface area contributed by atoms with Crippen molar-refractivity contribution in [3.05, 3.63) is 82.9 Å². The lowest BCUT2D eigenvalue weighted by Gasteiger charge is -2.29. The lowest BCUT2D eigenvalue weighted by atomic mass is 9.90. The predicted molar refractivity (Wildman–Crippen MR) is 123 cm³/mol. The van der Waals surface area contributed by atoms with Crippen LogP contribution < -0.4 is 14.7 Å². The third-order valence-corrected chi connectivity index (χ3v) is 6.56. The van der Waals surface area contributed by atoms with E-state index >= 15 is 0 Å². The number of carbonyl (C=O) groups is 2. The molecule has 2 fully saturated rings. The van der Waals surface area contributed by atoms with Crippen LogP contribution >= 0.6 is 11.6 Å². The van der Waals surface area contributed by atoms with Crippen LogP contribution in [0, 0.1) is 12.8 Å². The number of ether oxygens (including phenoxy) is 1. The van der Waals surface area contributed by atoms with E-state index < -0.39 is 24.0 Å². The first kappa shape index (κ1) is 21.3. The highest BCUT2D eigenvalue weighted by atomic mass is 35.5. The summed E-state index contributed by atoms with van der Waals surface area (Å²) in [6.45, 7) is 1.77. The number of rotatable bonds is 4. The second kappa shape index (κ2) is 8.10. The largest absolute Gasteiger partial charge is 0.504 e. The molecule has 2 aliphatic rings. The summed E-state index contributed by atoms with van der Waals surface area (Å²) in [5, 5.41) is 12.1. The Kier molecular flexibility index (Phi) is 5.23. The number of benzene rings is 3. The van der Waals surface area contributed by atoms with Crippen LogP contribution in [-0.4, -0.2) is 30.1 Å². The van der Waals surface area contributed by atoms with Crippen LogP contribution in [0.15, 0.2) is 66.7 Å². The van der Waals surface area contributed by atoms with E-state index in [-0.39, 0.29) is 17.4 Å². The molecule has 0 unspecified atom stereocenters. The van der Waals surface area contributed by atoms with Crippen molar-refractivity contribution in [2.75, 3.05) is 17.1 Å². The zero-order valence-corrected chi connectivity index (χ0v) is 18.7. The smallest absolute Gasteiger partial charge is 0.266 e. The van der Waals surface area contributed by atoms with E-state index in [9.17, 15) is 14.7 Å². The Morgan fingerprint density at radius 3 is 2.48 bits per heavy atom. The van der Waals surface area contributed by atoms with E-state index in [1.165, 1.54) is 18.1 Å². The number of amides is 2. The van der Waals surface area contributed by atoms with E-state index in [0.717, 1.165) is 0 Å². The van der Waals surface area contributed by atoms with Gasteiger partial charge in [0.15, 0.2) is 17.6 Å². The van der Waals surface area contributed by atoms with Gasteiger partial charge in [0.05, 0.1) is 24.5 Å². The molecule has 2 amide bonds. The molecular weight excluding hydrogens is 444 g/mol. The van der Waals surface area contributed by atoms with Gasteiger partial charge in [0.1, 0.15) is 5.92 Å². The van der Waals surface area contributed by atoms with Crippen molar-refractivity contribution in [2.24, 2.45) is 5.92 Å². The number of hydrogen-bond acceptors (Lipinski definition) is 6. The maximum atomic E-state index is 13.7. The number of methoxy groups -OCH3 is 1. The van der Waals surface area contributed by atoms with Gasteiger partial charge in [0, 0.05) is 5.02 Å². The Bertz CT molecular complexity index is 1250. The minimum absolute atomic E-state index is 0.0204. The molecule has 0 aromatic heterocycles. The third kappa shape index (κ3) is 3.32. The van der Waals surface area contributed by atoms with Crippen molar-refractivity contribution < 1.29 is 24.3 Å². The van der Waals surface area contributed by atoms with Crippen LogP contribution in [0.4, 0.5) is 11.4 Å². The fraction of sp³-hybridized carbons (Fsp3) is 0.200. The number of hydrogen-bond donors (Lipinski definition) is 1. The van der Waals surface area contributed by atoms with E-state index in [0.29, 0.717) is 27.5 Å². The lowest BCUT2D eigenvalue weighted by molar-refractivity contribution is -0.126. The van der Waals surface area contributed by atoms with E-state index in [1.54, 1.807) is 42.3 Å². The van der Waals surface area contributed by atoms with Gasteiger partial charge in [-0.2, -0.15) is 0 Å². The summed E-state index contributed by atoms with van der Waals surface area (Å²) >= 11 is 6.26. The van der Waals surface area contributed by atoms with Crippen LogP contribution in [0.25, 0.3) is 0 Å². The number of hydroxylamine groups is 1. The second-order valence-corrected chi connectivity index (χ2v) is 8.39. The molecule has 0 radical (unpaired) electrons. The van der Waals surface area contributed by atoms with Gasteiger partial charge in [-0.15, -0.1) is 0 Å². The molecule has 3 atom stereocenters. The summed E-state index contributed by atoms with van der Waals surface area (Å²) < 4.78 is 5.28. The molecule has 0 saturated carbocycles. The first-order valence-electron chi connectivity index (χ1n) is 10.4. The van der Waals surface area contributed by atoms with E-state index in [4.69, 9.17) is 21.2 Å². The average molecular weight is 465 g/mol. The fourth-order valence-electron chi connectivity index (χ4n) is 4.51. The molecule has 0 spiro atoms. The van der Waals surface area contributed by atoms with E-state index in [1.807, 2.05) is 30.3 Å². The number of anilines is 2. The SMILES string of the molecule is COc1cc([C@H]2[C@H]3C(=O)N(c4cccc(Cl)c4C)C(=O)[C@@H]3ON2c2ccccc2)ccc1O. The van der Waals surface area contributed by atoms with Crippen molar-refractivity contribution in [3.8, 4) is 11.5 Å². The highest BCUT2D eigenvalue weighted by Gasteiger charge is 2.60. The van der Waals surface area contributed by atoms with Gasteiger partial charge in [-0.1, -0.05) is 41.9 Å². The summed E-state index contributed by atoms with van der Waals surface area (Å²) in [6, 6.07) is 18.6. The second-order valence-electron chi connectivity index (χ2n) is 7.99. The lowest BCUT2D eigenvalue weighted by Crippen LogP contribution is -2.37. The number of fused-ring (bicyclic) bond motifs is 1. The molecule has 0 bridgehead atoms. The molecule has 33 heavy (non-hydrogen) atoms. The molecule has 168 valence electrons. The van der Waals surface area contributed by atoms with Gasteiger partial charge in [-0.3, -0.25) is 14.4 Å². The Morgan fingerprint density at radius 2 is 1.76 bits per heavy atom. The number of phenolic OH excluding ortho intramolecular Hbond substituents is 1. The van der Waals surface area contributed by atoms with Gasteiger partial charge in [0.2, 0.25) is 5.91 Å². The van der Waals surface area contributed by atoms with Crippen molar-refractivity contribution in [2.45, 2.75) is 19.1 Å². The zero-order valence-electron chi connectivity index (χ0n) is 17.9. The number of aromatic hydroxyl groups is 1. The molecule has 2 aliphatic heterocycles. The number of nitrogens with zero attached hydrogens (tertiary/aromatic N) is 2. The molecule has 2 saturated heterocycles. The molecule has 1 N–H and O–H groups in total. The Labute approximate surface area is 195 Å². The monoisotopic (exact) mass is 464 g/mol. The molecule has 0 aliphatic carbocycles. The standard InChI is InChI=1S/C25H21ClN2O5/c1-14-17(26)9-6-10-18(14)27-24(30)21-22(15-11-12-19(29)20(13-15)32-2)28(33-23(21)25(27)31)16-7-4-3-5-8-16/h3-13,21-23,29H,1-2H3/t21-,22+,23-/m1/s1. The highest BCUT2D eigenvalue weighted by molar-refractivity contribution is 6.32. The molecular formula is C25H21ClN2O5. The number of para-hydroxylation sites is 1.